The molecule has 0 aromatic heterocycles. The first kappa shape index (κ1) is 16.3. The van der Waals surface area contributed by atoms with E-state index in [4.69, 9.17) is 0 Å². The Kier molecular flexibility index (Phi) is 6.79. The van der Waals surface area contributed by atoms with Crippen molar-refractivity contribution in [3.05, 3.63) is 0 Å². The summed E-state index contributed by atoms with van der Waals surface area (Å²) in [4.78, 5) is 5.49. The minimum Gasteiger partial charge on any atom is -0.315 e. The second kappa shape index (κ2) is 8.35. The maximum absolute atomic E-state index is 3.65. The Hall–Kier alpha value is -0.120. The third-order valence-corrected chi connectivity index (χ3v) is 5.20. The lowest BCUT2D eigenvalue weighted by molar-refractivity contribution is -0.00369. The van der Waals surface area contributed by atoms with Crippen LogP contribution >= 0.6 is 0 Å². The zero-order chi connectivity index (χ0) is 14.4. The quantitative estimate of drug-likeness (QED) is 0.724. The minimum atomic E-state index is 0.677. The molecule has 2 aliphatic heterocycles. The van der Waals surface area contributed by atoms with Gasteiger partial charge in [0.1, 0.15) is 0 Å². The number of nitrogens with zero attached hydrogens (tertiary/aromatic N) is 2. The number of fused-ring (bicyclic) bond motifs is 1. The topological polar surface area (TPSA) is 18.5 Å². The van der Waals surface area contributed by atoms with Gasteiger partial charge in [0.15, 0.2) is 0 Å². The van der Waals surface area contributed by atoms with Crippen molar-refractivity contribution >= 4 is 0 Å². The average Bonchev–Trinajstić information content (AvgIpc) is 2.46. The smallest absolute Gasteiger partial charge is 0.0224 e. The fourth-order valence-electron chi connectivity index (χ4n) is 3.92. The van der Waals surface area contributed by atoms with Crippen LogP contribution in [-0.2, 0) is 0 Å². The predicted molar refractivity (Wildman–Crippen MR) is 87.2 cm³/mol. The van der Waals surface area contributed by atoms with Gasteiger partial charge in [0.25, 0.3) is 0 Å². The minimum absolute atomic E-state index is 0.677. The Bertz CT molecular complexity index is 269. The lowest BCUT2D eigenvalue weighted by Gasteiger charge is -2.49. The second-order valence-electron chi connectivity index (χ2n) is 6.95. The van der Waals surface area contributed by atoms with Gasteiger partial charge in [0, 0.05) is 37.8 Å². The highest BCUT2D eigenvalue weighted by Crippen LogP contribution is 2.25. The summed E-state index contributed by atoms with van der Waals surface area (Å²) in [5, 5.41) is 3.65. The summed E-state index contributed by atoms with van der Waals surface area (Å²) in [5.41, 5.74) is 0. The summed E-state index contributed by atoms with van der Waals surface area (Å²) < 4.78 is 0. The lowest BCUT2D eigenvalue weighted by Crippen LogP contribution is -2.61. The molecule has 2 aliphatic rings. The summed E-state index contributed by atoms with van der Waals surface area (Å²) in [6.07, 6.45) is 8.27. The van der Waals surface area contributed by atoms with Crippen molar-refractivity contribution in [3.63, 3.8) is 0 Å². The third kappa shape index (κ3) is 4.44. The molecule has 0 radical (unpaired) electrons. The number of hydrogen-bond acceptors (Lipinski definition) is 3. The SMILES string of the molecule is CCCCCNCC(C)N1CC2CCCCN2CC1C. The first-order valence-corrected chi connectivity index (χ1v) is 8.93. The molecule has 1 N–H and O–H groups in total. The monoisotopic (exact) mass is 281 g/mol. The van der Waals surface area contributed by atoms with E-state index in [2.05, 4.69) is 35.9 Å². The molecule has 0 amide bonds. The molecule has 3 heteroatoms. The van der Waals surface area contributed by atoms with E-state index in [1.54, 1.807) is 0 Å². The number of hydrogen-bond donors (Lipinski definition) is 1. The molecular formula is C17H35N3. The molecule has 0 saturated carbocycles. The van der Waals surface area contributed by atoms with Crippen LogP contribution < -0.4 is 5.32 Å². The van der Waals surface area contributed by atoms with Crippen LogP contribution in [0.2, 0.25) is 0 Å². The third-order valence-electron chi connectivity index (χ3n) is 5.20. The van der Waals surface area contributed by atoms with E-state index in [0.717, 1.165) is 18.6 Å². The van der Waals surface area contributed by atoms with Crippen LogP contribution in [0.15, 0.2) is 0 Å². The van der Waals surface area contributed by atoms with E-state index < -0.39 is 0 Å². The van der Waals surface area contributed by atoms with Crippen LogP contribution in [0.25, 0.3) is 0 Å². The van der Waals surface area contributed by atoms with Crippen LogP contribution in [0.3, 0.4) is 0 Å². The maximum atomic E-state index is 3.65. The van der Waals surface area contributed by atoms with Gasteiger partial charge in [-0.3, -0.25) is 9.80 Å². The van der Waals surface area contributed by atoms with Crippen LogP contribution in [0.4, 0.5) is 0 Å². The summed E-state index contributed by atoms with van der Waals surface area (Å²) >= 11 is 0. The molecule has 3 atom stereocenters. The molecule has 2 fully saturated rings. The van der Waals surface area contributed by atoms with Crippen molar-refractivity contribution in [3.8, 4) is 0 Å². The number of piperidine rings is 1. The molecule has 0 aromatic carbocycles. The molecule has 0 spiro atoms. The first-order chi connectivity index (χ1) is 9.72. The highest BCUT2D eigenvalue weighted by Gasteiger charge is 2.34. The first-order valence-electron chi connectivity index (χ1n) is 8.93. The van der Waals surface area contributed by atoms with Crippen molar-refractivity contribution in [2.75, 3.05) is 32.7 Å². The van der Waals surface area contributed by atoms with E-state index in [1.807, 2.05) is 0 Å². The Morgan fingerprint density at radius 1 is 1.20 bits per heavy atom. The van der Waals surface area contributed by atoms with Gasteiger partial charge in [-0.05, 0) is 46.2 Å². The number of unbranched alkanes of at least 4 members (excludes halogenated alkanes) is 2. The van der Waals surface area contributed by atoms with Crippen LogP contribution in [-0.4, -0.2) is 60.6 Å². The van der Waals surface area contributed by atoms with E-state index in [0.29, 0.717) is 6.04 Å². The van der Waals surface area contributed by atoms with E-state index in [-0.39, 0.29) is 0 Å². The molecule has 3 nitrogen and oxygen atoms in total. The molecule has 118 valence electrons. The van der Waals surface area contributed by atoms with Gasteiger partial charge in [-0.1, -0.05) is 26.2 Å². The van der Waals surface area contributed by atoms with Crippen molar-refractivity contribution in [1.82, 2.24) is 15.1 Å². The van der Waals surface area contributed by atoms with Gasteiger partial charge >= 0.3 is 0 Å². The van der Waals surface area contributed by atoms with Crippen molar-refractivity contribution in [1.29, 1.82) is 0 Å². The fourth-order valence-corrected chi connectivity index (χ4v) is 3.92. The second-order valence-corrected chi connectivity index (χ2v) is 6.95. The molecule has 0 aromatic rings. The largest absolute Gasteiger partial charge is 0.315 e. The highest BCUT2D eigenvalue weighted by atomic mass is 15.3. The predicted octanol–water partition coefficient (Wildman–Crippen LogP) is 2.71. The van der Waals surface area contributed by atoms with Crippen molar-refractivity contribution < 1.29 is 0 Å². The standard InChI is InChI=1S/C17H35N3/c1-4-5-7-10-18-12-15(2)20-14-17-9-6-8-11-19(17)13-16(20)3/h15-18H,4-14H2,1-3H3. The van der Waals surface area contributed by atoms with Crippen LogP contribution in [0.5, 0.6) is 0 Å². The van der Waals surface area contributed by atoms with Gasteiger partial charge in [-0.2, -0.15) is 0 Å². The number of nitrogens with one attached hydrogen (secondary N) is 1. The Labute approximate surface area is 126 Å². The summed E-state index contributed by atoms with van der Waals surface area (Å²) in [5.74, 6) is 0. The van der Waals surface area contributed by atoms with E-state index in [9.17, 15) is 0 Å². The molecular weight excluding hydrogens is 246 g/mol. The Morgan fingerprint density at radius 2 is 2.05 bits per heavy atom. The van der Waals surface area contributed by atoms with Gasteiger partial charge in [-0.25, -0.2) is 0 Å². The summed E-state index contributed by atoms with van der Waals surface area (Å²) in [6, 6.07) is 2.23. The van der Waals surface area contributed by atoms with E-state index >= 15 is 0 Å². The van der Waals surface area contributed by atoms with Gasteiger partial charge < -0.3 is 5.32 Å². The molecule has 2 rings (SSSR count). The lowest BCUT2D eigenvalue weighted by atomic mass is 9.96. The molecule has 20 heavy (non-hydrogen) atoms. The van der Waals surface area contributed by atoms with Gasteiger partial charge in [0.2, 0.25) is 0 Å². The van der Waals surface area contributed by atoms with Gasteiger partial charge in [-0.15, -0.1) is 0 Å². The molecule has 0 bridgehead atoms. The van der Waals surface area contributed by atoms with Crippen molar-refractivity contribution in [2.24, 2.45) is 0 Å². The zero-order valence-corrected chi connectivity index (χ0v) is 13.9. The molecule has 0 aliphatic carbocycles. The van der Waals surface area contributed by atoms with Crippen molar-refractivity contribution in [2.45, 2.75) is 77.4 Å². The molecule has 2 heterocycles. The molecule has 2 saturated heterocycles. The summed E-state index contributed by atoms with van der Waals surface area (Å²) in [7, 11) is 0. The Morgan fingerprint density at radius 3 is 2.85 bits per heavy atom. The fraction of sp³-hybridized carbons (Fsp3) is 1.00. The van der Waals surface area contributed by atoms with E-state index in [1.165, 1.54) is 64.7 Å². The zero-order valence-electron chi connectivity index (χ0n) is 13.9. The van der Waals surface area contributed by atoms with Crippen LogP contribution in [0, 0.1) is 0 Å². The number of piperazine rings is 1. The van der Waals surface area contributed by atoms with Crippen LogP contribution in [0.1, 0.15) is 59.3 Å². The summed E-state index contributed by atoms with van der Waals surface area (Å²) in [6.45, 7) is 13.3. The maximum Gasteiger partial charge on any atom is 0.0224 e. The Balaban J connectivity index is 1.72. The number of rotatable bonds is 7. The normalized spacial score (nSPS) is 30.1. The average molecular weight is 281 g/mol. The van der Waals surface area contributed by atoms with Gasteiger partial charge in [0.05, 0.1) is 0 Å². The molecule has 3 unspecified atom stereocenters. The highest BCUT2D eigenvalue weighted by molar-refractivity contribution is 4.91.